The maximum Gasteiger partial charge on any atom is 0.120 e. The summed E-state index contributed by atoms with van der Waals surface area (Å²) in [6.45, 7) is 0.539. The van der Waals surface area contributed by atoms with Crippen LogP contribution in [-0.4, -0.2) is 19.7 Å². The van der Waals surface area contributed by atoms with Crippen LogP contribution in [0.2, 0.25) is 15.1 Å². The number of benzene rings is 2. The molecule has 0 aliphatic carbocycles. The second-order valence-electron chi connectivity index (χ2n) is 4.71. The fourth-order valence-corrected chi connectivity index (χ4v) is 2.45. The predicted octanol–water partition coefficient (Wildman–Crippen LogP) is 4.86. The molecule has 2 rings (SSSR count). The van der Waals surface area contributed by atoms with Gasteiger partial charge in [-0.2, -0.15) is 0 Å². The first-order valence-electron chi connectivity index (χ1n) is 6.58. The van der Waals surface area contributed by atoms with Crippen LogP contribution in [0.1, 0.15) is 5.56 Å². The summed E-state index contributed by atoms with van der Waals surface area (Å²) >= 11 is 17.9. The molecule has 0 spiro atoms. The van der Waals surface area contributed by atoms with Gasteiger partial charge in [0.05, 0.1) is 10.0 Å². The van der Waals surface area contributed by atoms with E-state index in [9.17, 15) is 0 Å². The molecule has 0 saturated carbocycles. The van der Waals surface area contributed by atoms with E-state index in [1.165, 1.54) is 0 Å². The first-order valence-corrected chi connectivity index (χ1v) is 7.71. The van der Waals surface area contributed by atoms with Gasteiger partial charge in [-0.3, -0.25) is 0 Å². The van der Waals surface area contributed by atoms with Gasteiger partial charge in [-0.25, -0.2) is 0 Å². The molecule has 1 N–H and O–H groups in total. The SMILES string of the molecule is CNC(COc1cccc(Cl)c1)Cc1ccc(Cl)c(Cl)c1. The molecule has 2 aromatic carbocycles. The summed E-state index contributed by atoms with van der Waals surface area (Å²) in [6.07, 6.45) is 0.800. The quantitative estimate of drug-likeness (QED) is 0.808. The van der Waals surface area contributed by atoms with Crippen molar-refractivity contribution in [1.82, 2.24) is 5.32 Å². The second kappa shape index (κ2) is 7.90. The van der Waals surface area contributed by atoms with Crippen molar-refractivity contribution in [3.8, 4) is 5.75 Å². The van der Waals surface area contributed by atoms with Crippen molar-refractivity contribution >= 4 is 34.8 Å². The van der Waals surface area contributed by atoms with Gasteiger partial charge in [0.15, 0.2) is 0 Å². The molecule has 5 heteroatoms. The maximum absolute atomic E-state index is 6.03. The summed E-state index contributed by atoms with van der Waals surface area (Å²) in [5, 5.41) is 5.04. The van der Waals surface area contributed by atoms with Crippen LogP contribution in [0.4, 0.5) is 0 Å². The van der Waals surface area contributed by atoms with Crippen LogP contribution >= 0.6 is 34.8 Å². The number of rotatable bonds is 6. The van der Waals surface area contributed by atoms with E-state index < -0.39 is 0 Å². The average molecular weight is 345 g/mol. The van der Waals surface area contributed by atoms with Crippen LogP contribution in [0.15, 0.2) is 42.5 Å². The molecule has 1 unspecified atom stereocenters. The molecule has 0 fully saturated rings. The number of likely N-dealkylation sites (N-methyl/N-ethyl adjacent to an activating group) is 1. The molecule has 1 atom stereocenters. The normalized spacial score (nSPS) is 12.2. The van der Waals surface area contributed by atoms with Crippen molar-refractivity contribution in [2.75, 3.05) is 13.7 Å². The largest absolute Gasteiger partial charge is 0.492 e. The molecule has 0 aliphatic rings. The van der Waals surface area contributed by atoms with Crippen molar-refractivity contribution in [2.45, 2.75) is 12.5 Å². The van der Waals surface area contributed by atoms with Crippen molar-refractivity contribution < 1.29 is 4.74 Å². The third-order valence-corrected chi connectivity index (χ3v) is 4.10. The highest BCUT2D eigenvalue weighted by molar-refractivity contribution is 6.42. The van der Waals surface area contributed by atoms with E-state index in [0.717, 1.165) is 17.7 Å². The van der Waals surface area contributed by atoms with Crippen LogP contribution in [0.25, 0.3) is 0 Å². The lowest BCUT2D eigenvalue weighted by molar-refractivity contribution is 0.270. The Labute approximate surface area is 140 Å². The summed E-state index contributed by atoms with van der Waals surface area (Å²) in [5.74, 6) is 0.761. The minimum absolute atomic E-state index is 0.168. The van der Waals surface area contributed by atoms with E-state index >= 15 is 0 Å². The van der Waals surface area contributed by atoms with Crippen LogP contribution in [0.5, 0.6) is 5.75 Å². The minimum atomic E-state index is 0.168. The summed E-state index contributed by atoms with van der Waals surface area (Å²) < 4.78 is 5.76. The van der Waals surface area contributed by atoms with Gasteiger partial charge in [0.2, 0.25) is 0 Å². The lowest BCUT2D eigenvalue weighted by Gasteiger charge is -2.17. The van der Waals surface area contributed by atoms with Gasteiger partial charge >= 0.3 is 0 Å². The van der Waals surface area contributed by atoms with E-state index in [1.54, 1.807) is 6.07 Å². The lowest BCUT2D eigenvalue weighted by Crippen LogP contribution is -2.33. The van der Waals surface area contributed by atoms with Crippen LogP contribution in [0, 0.1) is 0 Å². The summed E-state index contributed by atoms with van der Waals surface area (Å²) in [4.78, 5) is 0. The average Bonchev–Trinajstić information content (AvgIpc) is 2.47. The monoisotopic (exact) mass is 343 g/mol. The zero-order valence-corrected chi connectivity index (χ0v) is 13.8. The Morgan fingerprint density at radius 1 is 1.05 bits per heavy atom. The van der Waals surface area contributed by atoms with Gasteiger partial charge in [0, 0.05) is 11.1 Å². The summed E-state index contributed by atoms with van der Waals surface area (Å²) in [6, 6.07) is 13.2. The minimum Gasteiger partial charge on any atom is -0.492 e. The van der Waals surface area contributed by atoms with Gasteiger partial charge in [-0.05, 0) is 49.4 Å². The molecule has 0 heterocycles. The van der Waals surface area contributed by atoms with Crippen molar-refractivity contribution in [3.63, 3.8) is 0 Å². The van der Waals surface area contributed by atoms with E-state index in [2.05, 4.69) is 5.32 Å². The van der Waals surface area contributed by atoms with Crippen LogP contribution in [-0.2, 0) is 6.42 Å². The Hall–Kier alpha value is -0.930. The Morgan fingerprint density at radius 2 is 1.86 bits per heavy atom. The van der Waals surface area contributed by atoms with Crippen molar-refractivity contribution in [3.05, 3.63) is 63.1 Å². The molecular formula is C16H16Cl3NO. The van der Waals surface area contributed by atoms with Crippen molar-refractivity contribution in [2.24, 2.45) is 0 Å². The van der Waals surface area contributed by atoms with Crippen molar-refractivity contribution in [1.29, 1.82) is 0 Å². The number of hydrogen-bond donors (Lipinski definition) is 1. The van der Waals surface area contributed by atoms with E-state index in [-0.39, 0.29) is 6.04 Å². The van der Waals surface area contributed by atoms with E-state index in [1.807, 2.05) is 43.4 Å². The molecule has 112 valence electrons. The zero-order valence-electron chi connectivity index (χ0n) is 11.6. The second-order valence-corrected chi connectivity index (χ2v) is 5.96. The molecule has 0 radical (unpaired) electrons. The van der Waals surface area contributed by atoms with E-state index in [0.29, 0.717) is 21.7 Å². The topological polar surface area (TPSA) is 21.3 Å². The van der Waals surface area contributed by atoms with Gasteiger partial charge < -0.3 is 10.1 Å². The molecule has 2 aromatic rings. The highest BCUT2D eigenvalue weighted by Gasteiger charge is 2.10. The Morgan fingerprint density at radius 3 is 2.52 bits per heavy atom. The molecule has 21 heavy (non-hydrogen) atoms. The van der Waals surface area contributed by atoms with Gasteiger partial charge in [-0.15, -0.1) is 0 Å². The zero-order chi connectivity index (χ0) is 15.2. The molecule has 0 bridgehead atoms. The summed E-state index contributed by atoms with van der Waals surface area (Å²) in [7, 11) is 1.91. The number of halogens is 3. The molecular weight excluding hydrogens is 329 g/mol. The third kappa shape index (κ3) is 5.08. The highest BCUT2D eigenvalue weighted by atomic mass is 35.5. The van der Waals surface area contributed by atoms with Gasteiger partial charge in [0.1, 0.15) is 12.4 Å². The first-order chi connectivity index (χ1) is 10.1. The molecule has 0 aromatic heterocycles. The standard InChI is InChI=1S/C16H16Cl3NO/c1-20-13(7-11-5-6-15(18)16(19)8-11)10-21-14-4-2-3-12(17)9-14/h2-6,8-9,13,20H,7,10H2,1H3. The van der Waals surface area contributed by atoms with Gasteiger partial charge in [0.25, 0.3) is 0 Å². The number of nitrogens with one attached hydrogen (secondary N) is 1. The molecule has 0 aliphatic heterocycles. The predicted molar refractivity (Wildman–Crippen MR) is 90.0 cm³/mol. The van der Waals surface area contributed by atoms with E-state index in [4.69, 9.17) is 39.5 Å². The fourth-order valence-electron chi connectivity index (χ4n) is 1.95. The van der Waals surface area contributed by atoms with Crippen LogP contribution in [0.3, 0.4) is 0 Å². The molecule has 0 saturated heterocycles. The Kier molecular flexibility index (Phi) is 6.19. The highest BCUT2D eigenvalue weighted by Crippen LogP contribution is 2.23. The molecule has 0 amide bonds. The first kappa shape index (κ1) is 16.4. The van der Waals surface area contributed by atoms with Crippen LogP contribution < -0.4 is 10.1 Å². The maximum atomic E-state index is 6.03. The third-order valence-electron chi connectivity index (χ3n) is 3.12. The Balaban J connectivity index is 1.95. The fraction of sp³-hybridized carbons (Fsp3) is 0.250. The molecule has 2 nitrogen and oxygen atoms in total. The van der Waals surface area contributed by atoms with Gasteiger partial charge in [-0.1, -0.05) is 46.9 Å². The summed E-state index contributed by atoms with van der Waals surface area (Å²) in [5.41, 5.74) is 1.11. The number of hydrogen-bond acceptors (Lipinski definition) is 2. The smallest absolute Gasteiger partial charge is 0.120 e. The lowest BCUT2D eigenvalue weighted by atomic mass is 10.1. The number of ether oxygens (including phenoxy) is 1. The Bertz CT molecular complexity index is 604.